The van der Waals surface area contributed by atoms with Crippen LogP contribution < -0.4 is 5.32 Å². The van der Waals surface area contributed by atoms with Crippen LogP contribution in [-0.4, -0.2) is 30.4 Å². The highest BCUT2D eigenvalue weighted by atomic mass is 32.2. The smallest absolute Gasteiger partial charge is 0.0678 e. The minimum atomic E-state index is 0.908. The summed E-state index contributed by atoms with van der Waals surface area (Å²) in [7, 11) is 0. The third kappa shape index (κ3) is 2.99. The average molecular weight is 198 g/mol. The van der Waals surface area contributed by atoms with Gasteiger partial charge in [-0.05, 0) is 44.7 Å². The zero-order valence-electron chi connectivity index (χ0n) is 8.09. The van der Waals surface area contributed by atoms with Gasteiger partial charge in [0.2, 0.25) is 0 Å². The quantitative estimate of drug-likeness (QED) is 0.733. The summed E-state index contributed by atoms with van der Waals surface area (Å²) >= 11 is 1.99. The van der Waals surface area contributed by atoms with E-state index in [1.165, 1.54) is 49.6 Å². The highest BCUT2D eigenvalue weighted by Gasteiger charge is 2.16. The van der Waals surface area contributed by atoms with Crippen molar-refractivity contribution in [3.8, 4) is 0 Å². The van der Waals surface area contributed by atoms with Crippen LogP contribution in [0.3, 0.4) is 0 Å². The molecule has 2 nitrogen and oxygen atoms in total. The van der Waals surface area contributed by atoms with E-state index in [1.807, 2.05) is 11.8 Å². The van der Waals surface area contributed by atoms with Gasteiger partial charge < -0.3 is 5.32 Å². The number of rotatable bonds is 2. The van der Waals surface area contributed by atoms with Gasteiger partial charge in [0.15, 0.2) is 0 Å². The highest BCUT2D eigenvalue weighted by molar-refractivity contribution is 8.14. The summed E-state index contributed by atoms with van der Waals surface area (Å²) in [6.07, 6.45) is 5.23. The molecule has 0 aromatic heterocycles. The molecule has 2 heterocycles. The van der Waals surface area contributed by atoms with E-state index in [-0.39, 0.29) is 0 Å². The molecule has 1 fully saturated rings. The molecule has 0 radical (unpaired) electrons. The summed E-state index contributed by atoms with van der Waals surface area (Å²) in [6, 6.07) is 0. The summed E-state index contributed by atoms with van der Waals surface area (Å²) in [4.78, 5) is 4.58. The standard InChI is InChI=1S/C10H18N2S/c1-4-12-10(13-7-1)8-9-2-5-11-6-3-9/h9,11H,1-8H2. The summed E-state index contributed by atoms with van der Waals surface area (Å²) in [5, 5.41) is 4.83. The van der Waals surface area contributed by atoms with Crippen LogP contribution in [0.2, 0.25) is 0 Å². The topological polar surface area (TPSA) is 24.4 Å². The first-order chi connectivity index (χ1) is 6.45. The largest absolute Gasteiger partial charge is 0.317 e. The maximum Gasteiger partial charge on any atom is 0.0678 e. The molecule has 2 aliphatic heterocycles. The Bertz CT molecular complexity index is 185. The number of hydrogen-bond acceptors (Lipinski definition) is 3. The Balaban J connectivity index is 1.78. The van der Waals surface area contributed by atoms with Crippen molar-refractivity contribution in [1.82, 2.24) is 5.32 Å². The summed E-state index contributed by atoms with van der Waals surface area (Å²) < 4.78 is 0. The van der Waals surface area contributed by atoms with E-state index in [0.29, 0.717) is 0 Å². The predicted octanol–water partition coefficient (Wildman–Crippen LogP) is 1.91. The molecule has 0 spiro atoms. The molecule has 0 saturated carbocycles. The average Bonchev–Trinajstić information content (AvgIpc) is 2.21. The van der Waals surface area contributed by atoms with E-state index in [4.69, 9.17) is 0 Å². The maximum atomic E-state index is 4.58. The van der Waals surface area contributed by atoms with Crippen LogP contribution in [0, 0.1) is 5.92 Å². The van der Waals surface area contributed by atoms with Gasteiger partial charge in [0.1, 0.15) is 0 Å². The summed E-state index contributed by atoms with van der Waals surface area (Å²) in [5.74, 6) is 2.20. The first kappa shape index (κ1) is 9.53. The molecule has 0 aliphatic carbocycles. The van der Waals surface area contributed by atoms with Crippen molar-refractivity contribution >= 4 is 16.8 Å². The van der Waals surface area contributed by atoms with Crippen LogP contribution in [0.1, 0.15) is 25.7 Å². The van der Waals surface area contributed by atoms with E-state index >= 15 is 0 Å². The number of hydrogen-bond donors (Lipinski definition) is 1. The molecule has 0 aromatic rings. The Labute approximate surface area is 84.6 Å². The molecule has 2 rings (SSSR count). The second-order valence-corrected chi connectivity index (χ2v) is 5.04. The number of piperidine rings is 1. The molecule has 13 heavy (non-hydrogen) atoms. The van der Waals surface area contributed by atoms with Gasteiger partial charge in [-0.3, -0.25) is 4.99 Å². The van der Waals surface area contributed by atoms with Crippen LogP contribution in [-0.2, 0) is 0 Å². The fourth-order valence-electron chi connectivity index (χ4n) is 1.96. The lowest BCUT2D eigenvalue weighted by Gasteiger charge is -2.23. The van der Waals surface area contributed by atoms with Crippen LogP contribution in [0.4, 0.5) is 0 Å². The SMILES string of the molecule is C1CN=C(CC2CCNCC2)SC1. The fraction of sp³-hybridized carbons (Fsp3) is 0.900. The Morgan fingerprint density at radius 3 is 2.92 bits per heavy atom. The van der Waals surface area contributed by atoms with Crippen molar-refractivity contribution in [1.29, 1.82) is 0 Å². The van der Waals surface area contributed by atoms with E-state index < -0.39 is 0 Å². The monoisotopic (exact) mass is 198 g/mol. The lowest BCUT2D eigenvalue weighted by Crippen LogP contribution is -2.28. The van der Waals surface area contributed by atoms with Gasteiger partial charge in [0.25, 0.3) is 0 Å². The molecule has 0 amide bonds. The van der Waals surface area contributed by atoms with Crippen LogP contribution >= 0.6 is 11.8 Å². The van der Waals surface area contributed by atoms with Gasteiger partial charge in [-0.1, -0.05) is 0 Å². The van der Waals surface area contributed by atoms with Crippen molar-refractivity contribution in [2.45, 2.75) is 25.7 Å². The Kier molecular flexibility index (Phi) is 3.67. The van der Waals surface area contributed by atoms with Crippen molar-refractivity contribution in [2.75, 3.05) is 25.4 Å². The molecule has 0 aromatic carbocycles. The Hall–Kier alpha value is -0.0200. The van der Waals surface area contributed by atoms with Crippen LogP contribution in [0.15, 0.2) is 4.99 Å². The van der Waals surface area contributed by atoms with Gasteiger partial charge in [-0.25, -0.2) is 0 Å². The van der Waals surface area contributed by atoms with E-state index in [2.05, 4.69) is 10.3 Å². The van der Waals surface area contributed by atoms with Crippen molar-refractivity contribution in [3.05, 3.63) is 0 Å². The molecule has 74 valence electrons. The molecule has 1 N–H and O–H groups in total. The van der Waals surface area contributed by atoms with Crippen molar-refractivity contribution in [2.24, 2.45) is 10.9 Å². The van der Waals surface area contributed by atoms with Crippen molar-refractivity contribution < 1.29 is 0 Å². The van der Waals surface area contributed by atoms with Crippen molar-refractivity contribution in [3.63, 3.8) is 0 Å². The summed E-state index contributed by atoms with van der Waals surface area (Å²) in [5.41, 5.74) is 0. The van der Waals surface area contributed by atoms with Gasteiger partial charge in [0.05, 0.1) is 5.04 Å². The normalized spacial score (nSPS) is 25.7. The minimum Gasteiger partial charge on any atom is -0.317 e. The highest BCUT2D eigenvalue weighted by Crippen LogP contribution is 2.23. The van der Waals surface area contributed by atoms with Gasteiger partial charge in [0, 0.05) is 12.3 Å². The number of thioether (sulfide) groups is 1. The molecule has 0 unspecified atom stereocenters. The molecule has 2 aliphatic rings. The van der Waals surface area contributed by atoms with E-state index in [9.17, 15) is 0 Å². The number of nitrogens with zero attached hydrogens (tertiary/aromatic N) is 1. The summed E-state index contributed by atoms with van der Waals surface area (Å²) in [6.45, 7) is 3.50. The first-order valence-electron chi connectivity index (χ1n) is 5.32. The number of nitrogens with one attached hydrogen (secondary N) is 1. The minimum absolute atomic E-state index is 0.908. The molecular weight excluding hydrogens is 180 g/mol. The molecular formula is C10H18N2S. The zero-order chi connectivity index (χ0) is 8.93. The third-order valence-electron chi connectivity index (χ3n) is 2.78. The molecule has 3 heteroatoms. The van der Waals surface area contributed by atoms with Crippen LogP contribution in [0.25, 0.3) is 0 Å². The van der Waals surface area contributed by atoms with Gasteiger partial charge in [-0.15, -0.1) is 11.8 Å². The van der Waals surface area contributed by atoms with Crippen LogP contribution in [0.5, 0.6) is 0 Å². The molecule has 0 bridgehead atoms. The van der Waals surface area contributed by atoms with E-state index in [1.54, 1.807) is 0 Å². The maximum absolute atomic E-state index is 4.58. The lowest BCUT2D eigenvalue weighted by atomic mass is 9.95. The predicted molar refractivity (Wildman–Crippen MR) is 59.6 cm³/mol. The van der Waals surface area contributed by atoms with Gasteiger partial charge >= 0.3 is 0 Å². The van der Waals surface area contributed by atoms with E-state index in [0.717, 1.165) is 12.5 Å². The molecule has 1 saturated heterocycles. The third-order valence-corrected chi connectivity index (χ3v) is 3.90. The zero-order valence-corrected chi connectivity index (χ0v) is 8.91. The second kappa shape index (κ2) is 5.01. The Morgan fingerprint density at radius 1 is 1.38 bits per heavy atom. The first-order valence-corrected chi connectivity index (χ1v) is 6.30. The fourth-order valence-corrected chi connectivity index (χ4v) is 3.01. The Morgan fingerprint density at radius 2 is 2.23 bits per heavy atom. The lowest BCUT2D eigenvalue weighted by molar-refractivity contribution is 0.385. The second-order valence-electron chi connectivity index (χ2n) is 3.87. The molecule has 0 atom stereocenters. The van der Waals surface area contributed by atoms with Gasteiger partial charge in [-0.2, -0.15) is 0 Å². The number of aliphatic imine (C=N–C) groups is 1.